The standard InChI is InChI=1S/C20H19BrN2O2/c21-15-6-7-18-16(12-15)19(14-4-2-1-3-5-14)17(20(24)22-18)13-23-8-10-25-11-9-23/h1-7,12H,8-11,13H2,(H,22,24)/p+1. The molecule has 0 saturated carbocycles. The lowest BCUT2D eigenvalue weighted by Gasteiger charge is -2.24. The molecule has 1 aliphatic heterocycles. The van der Waals surface area contributed by atoms with E-state index in [1.807, 2.05) is 30.3 Å². The van der Waals surface area contributed by atoms with Gasteiger partial charge in [-0.25, -0.2) is 0 Å². The highest BCUT2D eigenvalue weighted by molar-refractivity contribution is 9.10. The number of aromatic nitrogens is 1. The van der Waals surface area contributed by atoms with Gasteiger partial charge in [0.1, 0.15) is 19.6 Å². The second kappa shape index (κ2) is 7.12. The van der Waals surface area contributed by atoms with Gasteiger partial charge in [0, 0.05) is 20.9 Å². The number of hydrogen-bond acceptors (Lipinski definition) is 2. The minimum Gasteiger partial charge on any atom is -0.370 e. The van der Waals surface area contributed by atoms with Gasteiger partial charge in [0.2, 0.25) is 0 Å². The van der Waals surface area contributed by atoms with Crippen LogP contribution in [0, 0.1) is 0 Å². The molecule has 0 aliphatic carbocycles. The lowest BCUT2D eigenvalue weighted by Crippen LogP contribution is -3.13. The molecule has 4 nitrogen and oxygen atoms in total. The first-order valence-corrected chi connectivity index (χ1v) is 9.33. The summed E-state index contributed by atoms with van der Waals surface area (Å²) in [6.07, 6.45) is 0. The summed E-state index contributed by atoms with van der Waals surface area (Å²) < 4.78 is 6.46. The number of aromatic amines is 1. The van der Waals surface area contributed by atoms with Gasteiger partial charge in [-0.3, -0.25) is 4.79 Å². The van der Waals surface area contributed by atoms with E-state index in [4.69, 9.17) is 4.74 Å². The summed E-state index contributed by atoms with van der Waals surface area (Å²) in [4.78, 5) is 17.3. The number of nitrogens with one attached hydrogen (secondary N) is 2. The molecule has 0 spiro atoms. The third-order valence-electron chi connectivity index (χ3n) is 4.76. The Morgan fingerprint density at radius 3 is 2.60 bits per heavy atom. The Morgan fingerprint density at radius 2 is 1.84 bits per heavy atom. The van der Waals surface area contributed by atoms with Crippen molar-refractivity contribution in [1.82, 2.24) is 4.98 Å². The Labute approximate surface area is 154 Å². The number of H-pyrrole nitrogens is 1. The highest BCUT2D eigenvalue weighted by Crippen LogP contribution is 2.31. The smallest absolute Gasteiger partial charge is 0.257 e. The number of pyridine rings is 1. The number of ether oxygens (including phenoxy) is 1. The van der Waals surface area contributed by atoms with Crippen molar-refractivity contribution in [1.29, 1.82) is 0 Å². The molecule has 0 unspecified atom stereocenters. The van der Waals surface area contributed by atoms with Crippen LogP contribution in [0.15, 0.2) is 57.8 Å². The van der Waals surface area contributed by atoms with E-state index in [1.54, 1.807) is 0 Å². The fraction of sp³-hybridized carbons (Fsp3) is 0.250. The molecule has 128 valence electrons. The zero-order chi connectivity index (χ0) is 17.2. The molecule has 5 heteroatoms. The Bertz CT molecular complexity index is 947. The zero-order valence-electron chi connectivity index (χ0n) is 13.8. The maximum absolute atomic E-state index is 12.9. The molecule has 2 aromatic carbocycles. The molecular weight excluding hydrogens is 380 g/mol. The van der Waals surface area contributed by atoms with Crippen molar-refractivity contribution in [3.05, 3.63) is 68.9 Å². The van der Waals surface area contributed by atoms with Gasteiger partial charge in [0.15, 0.2) is 0 Å². The molecule has 2 heterocycles. The fourth-order valence-corrected chi connectivity index (χ4v) is 3.86. The molecule has 0 radical (unpaired) electrons. The van der Waals surface area contributed by atoms with E-state index in [0.29, 0.717) is 6.54 Å². The summed E-state index contributed by atoms with van der Waals surface area (Å²) in [5, 5.41) is 1.07. The highest BCUT2D eigenvalue weighted by Gasteiger charge is 2.21. The van der Waals surface area contributed by atoms with Crippen molar-refractivity contribution in [3.8, 4) is 11.1 Å². The van der Waals surface area contributed by atoms with E-state index >= 15 is 0 Å². The molecule has 25 heavy (non-hydrogen) atoms. The molecule has 1 aromatic heterocycles. The predicted molar refractivity (Wildman–Crippen MR) is 103 cm³/mol. The topological polar surface area (TPSA) is 46.5 Å². The molecule has 1 aliphatic rings. The largest absolute Gasteiger partial charge is 0.370 e. The SMILES string of the molecule is O=c1[nH]c2ccc(Br)cc2c(-c2ccccc2)c1C[NH+]1CCOCC1. The summed E-state index contributed by atoms with van der Waals surface area (Å²) in [5.74, 6) is 0. The molecule has 0 amide bonds. The van der Waals surface area contributed by atoms with Crippen LogP contribution < -0.4 is 10.5 Å². The van der Waals surface area contributed by atoms with E-state index in [9.17, 15) is 4.79 Å². The quantitative estimate of drug-likeness (QED) is 0.709. The molecule has 4 rings (SSSR count). The summed E-state index contributed by atoms with van der Waals surface area (Å²) in [6, 6.07) is 16.2. The summed E-state index contributed by atoms with van der Waals surface area (Å²) in [7, 11) is 0. The number of quaternary nitrogens is 1. The second-order valence-electron chi connectivity index (χ2n) is 6.40. The first-order chi connectivity index (χ1) is 12.2. The van der Waals surface area contributed by atoms with Crippen molar-refractivity contribution in [3.63, 3.8) is 0 Å². The van der Waals surface area contributed by atoms with Crippen molar-refractivity contribution >= 4 is 26.8 Å². The van der Waals surface area contributed by atoms with Crippen molar-refractivity contribution in [2.75, 3.05) is 26.3 Å². The average Bonchev–Trinajstić information content (AvgIpc) is 2.64. The number of rotatable bonds is 3. The van der Waals surface area contributed by atoms with Crippen LogP contribution in [0.5, 0.6) is 0 Å². The summed E-state index contributed by atoms with van der Waals surface area (Å²) >= 11 is 3.57. The summed E-state index contributed by atoms with van der Waals surface area (Å²) in [5.41, 5.74) is 3.85. The Hall–Kier alpha value is -1.95. The van der Waals surface area contributed by atoms with Crippen molar-refractivity contribution < 1.29 is 9.64 Å². The number of morpholine rings is 1. The van der Waals surface area contributed by atoms with E-state index in [1.165, 1.54) is 4.90 Å². The first kappa shape index (κ1) is 16.5. The monoisotopic (exact) mass is 399 g/mol. The van der Waals surface area contributed by atoms with Crippen LogP contribution in [0.1, 0.15) is 5.56 Å². The third-order valence-corrected chi connectivity index (χ3v) is 5.26. The molecule has 0 atom stereocenters. The molecule has 2 N–H and O–H groups in total. The van der Waals surface area contributed by atoms with Crippen LogP contribution in [-0.4, -0.2) is 31.3 Å². The van der Waals surface area contributed by atoms with E-state index < -0.39 is 0 Å². The highest BCUT2D eigenvalue weighted by atomic mass is 79.9. The Kier molecular flexibility index (Phi) is 4.70. The Morgan fingerprint density at radius 1 is 1.08 bits per heavy atom. The van der Waals surface area contributed by atoms with Gasteiger partial charge in [-0.1, -0.05) is 46.3 Å². The molecule has 3 aromatic rings. The molecular formula is C20H20BrN2O2+. The van der Waals surface area contributed by atoms with Crippen molar-refractivity contribution in [2.24, 2.45) is 0 Å². The normalized spacial score (nSPS) is 15.6. The van der Waals surface area contributed by atoms with Gasteiger partial charge >= 0.3 is 0 Å². The minimum atomic E-state index is 0.00710. The average molecular weight is 400 g/mol. The maximum Gasteiger partial charge on any atom is 0.257 e. The Balaban J connectivity index is 1.93. The number of benzene rings is 2. The first-order valence-electron chi connectivity index (χ1n) is 8.53. The summed E-state index contributed by atoms with van der Waals surface area (Å²) in [6.45, 7) is 4.10. The molecule has 0 bridgehead atoms. The van der Waals surface area contributed by atoms with Crippen molar-refractivity contribution in [2.45, 2.75) is 6.54 Å². The van der Waals surface area contributed by atoms with Crippen LogP contribution in [-0.2, 0) is 11.3 Å². The van der Waals surface area contributed by atoms with Crippen LogP contribution in [0.4, 0.5) is 0 Å². The maximum atomic E-state index is 12.9. The third kappa shape index (κ3) is 3.40. The van der Waals surface area contributed by atoms with Crippen LogP contribution in [0.3, 0.4) is 0 Å². The molecule has 1 fully saturated rings. The minimum absolute atomic E-state index is 0.00710. The van der Waals surface area contributed by atoms with Gasteiger partial charge in [-0.2, -0.15) is 0 Å². The number of fused-ring (bicyclic) bond motifs is 1. The zero-order valence-corrected chi connectivity index (χ0v) is 15.4. The predicted octanol–water partition coefficient (Wildman–Crippen LogP) is 2.37. The van der Waals surface area contributed by atoms with E-state index in [2.05, 4.69) is 39.1 Å². The number of hydrogen-bond donors (Lipinski definition) is 2. The van der Waals surface area contributed by atoms with E-state index in [0.717, 1.165) is 58.4 Å². The molecule has 1 saturated heterocycles. The fourth-order valence-electron chi connectivity index (χ4n) is 3.50. The van der Waals surface area contributed by atoms with Gasteiger partial charge in [0.25, 0.3) is 5.56 Å². The van der Waals surface area contributed by atoms with Gasteiger partial charge < -0.3 is 14.6 Å². The van der Waals surface area contributed by atoms with Gasteiger partial charge in [0.05, 0.1) is 18.8 Å². The van der Waals surface area contributed by atoms with Crippen LogP contribution in [0.2, 0.25) is 0 Å². The number of halogens is 1. The van der Waals surface area contributed by atoms with E-state index in [-0.39, 0.29) is 5.56 Å². The lowest BCUT2D eigenvalue weighted by molar-refractivity contribution is -0.921. The lowest BCUT2D eigenvalue weighted by atomic mass is 9.96. The van der Waals surface area contributed by atoms with Crippen LogP contribution in [0.25, 0.3) is 22.0 Å². The van der Waals surface area contributed by atoms with Gasteiger partial charge in [-0.15, -0.1) is 0 Å². The second-order valence-corrected chi connectivity index (χ2v) is 7.32. The van der Waals surface area contributed by atoms with Crippen LogP contribution >= 0.6 is 15.9 Å². The van der Waals surface area contributed by atoms with Gasteiger partial charge in [-0.05, 0) is 23.8 Å².